The van der Waals surface area contributed by atoms with Gasteiger partial charge in [0.15, 0.2) is 0 Å². The molecule has 106 valence electrons. The van der Waals surface area contributed by atoms with E-state index in [1.165, 1.54) is 6.20 Å². The third-order valence-corrected chi connectivity index (χ3v) is 3.63. The Bertz CT molecular complexity index is 431. The van der Waals surface area contributed by atoms with Gasteiger partial charge in [0.05, 0.1) is 23.8 Å². The second-order valence-electron chi connectivity index (χ2n) is 4.57. The molecule has 2 heterocycles. The summed E-state index contributed by atoms with van der Waals surface area (Å²) in [6.45, 7) is 5.54. The number of rotatable bonds is 4. The molecule has 19 heavy (non-hydrogen) atoms. The number of pyridine rings is 1. The lowest BCUT2D eigenvalue weighted by Gasteiger charge is -2.36. The van der Waals surface area contributed by atoms with E-state index in [1.807, 2.05) is 0 Å². The van der Waals surface area contributed by atoms with Crippen molar-refractivity contribution in [1.29, 1.82) is 0 Å². The van der Waals surface area contributed by atoms with Gasteiger partial charge in [0.25, 0.3) is 0 Å². The number of halogens is 1. The molecule has 1 aliphatic heterocycles. The number of nitrogens with zero attached hydrogens (tertiary/aromatic N) is 2. The molecular formula is C12H20ClN5O. The maximum Gasteiger partial charge on any atom is 0.128 e. The first kappa shape index (κ1) is 14.5. The van der Waals surface area contributed by atoms with E-state index in [9.17, 15) is 0 Å². The van der Waals surface area contributed by atoms with Crippen LogP contribution in [0.15, 0.2) is 12.3 Å². The quantitative estimate of drug-likeness (QED) is 0.553. The molecule has 0 spiro atoms. The summed E-state index contributed by atoms with van der Waals surface area (Å²) < 4.78 is 5.80. The van der Waals surface area contributed by atoms with E-state index in [0.29, 0.717) is 17.4 Å². The SMILES string of the molecule is CCN1CCOC(C(NN)c2cc(Cl)cnc2N)C1. The number of nitrogen functional groups attached to an aromatic ring is 1. The maximum atomic E-state index is 5.97. The van der Waals surface area contributed by atoms with Gasteiger partial charge in [-0.3, -0.25) is 16.2 Å². The minimum absolute atomic E-state index is 0.0683. The first-order valence-corrected chi connectivity index (χ1v) is 6.74. The summed E-state index contributed by atoms with van der Waals surface area (Å²) in [5, 5.41) is 0.535. The third-order valence-electron chi connectivity index (χ3n) is 3.43. The van der Waals surface area contributed by atoms with E-state index in [-0.39, 0.29) is 12.1 Å². The number of nitrogens with two attached hydrogens (primary N) is 2. The monoisotopic (exact) mass is 285 g/mol. The van der Waals surface area contributed by atoms with Gasteiger partial charge in [0.1, 0.15) is 5.82 Å². The molecule has 7 heteroatoms. The molecule has 2 unspecified atom stereocenters. The average molecular weight is 286 g/mol. The van der Waals surface area contributed by atoms with Gasteiger partial charge in [-0.15, -0.1) is 0 Å². The van der Waals surface area contributed by atoms with Gasteiger partial charge in [-0.05, 0) is 12.6 Å². The van der Waals surface area contributed by atoms with Crippen LogP contribution in [0.3, 0.4) is 0 Å². The number of likely N-dealkylation sites (N-methyl/N-ethyl adjacent to an activating group) is 1. The first-order valence-electron chi connectivity index (χ1n) is 6.36. The topological polar surface area (TPSA) is 89.4 Å². The number of nitrogens with one attached hydrogen (secondary N) is 1. The molecule has 1 fully saturated rings. The predicted molar refractivity (Wildman–Crippen MR) is 75.6 cm³/mol. The highest BCUT2D eigenvalue weighted by molar-refractivity contribution is 6.30. The molecule has 6 nitrogen and oxygen atoms in total. The number of morpholine rings is 1. The van der Waals surface area contributed by atoms with Crippen molar-refractivity contribution in [3.05, 3.63) is 22.8 Å². The molecule has 5 N–H and O–H groups in total. The van der Waals surface area contributed by atoms with Crippen molar-refractivity contribution in [1.82, 2.24) is 15.3 Å². The molecule has 0 bridgehead atoms. The highest BCUT2D eigenvalue weighted by Gasteiger charge is 2.29. The minimum atomic E-state index is -0.222. The Balaban J connectivity index is 2.21. The van der Waals surface area contributed by atoms with Crippen LogP contribution in [-0.4, -0.2) is 42.2 Å². The summed E-state index contributed by atoms with van der Waals surface area (Å²) in [6.07, 6.45) is 1.45. The van der Waals surface area contributed by atoms with Crippen molar-refractivity contribution in [3.8, 4) is 0 Å². The van der Waals surface area contributed by atoms with Crippen molar-refractivity contribution in [2.75, 3.05) is 32.0 Å². The zero-order valence-corrected chi connectivity index (χ0v) is 11.7. The van der Waals surface area contributed by atoms with E-state index < -0.39 is 0 Å². The summed E-state index contributed by atoms with van der Waals surface area (Å²) in [5.41, 5.74) is 9.45. The Morgan fingerprint density at radius 2 is 2.47 bits per heavy atom. The zero-order valence-electron chi connectivity index (χ0n) is 11.0. The van der Waals surface area contributed by atoms with Gasteiger partial charge in [0, 0.05) is 24.8 Å². The van der Waals surface area contributed by atoms with Crippen LogP contribution in [0, 0.1) is 0 Å². The molecule has 2 rings (SSSR count). The van der Waals surface area contributed by atoms with Crippen LogP contribution in [0.4, 0.5) is 5.82 Å². The Hall–Kier alpha value is -0.920. The molecule has 1 aromatic rings. The van der Waals surface area contributed by atoms with Crippen molar-refractivity contribution in [2.45, 2.75) is 19.1 Å². The molecule has 0 aliphatic carbocycles. The van der Waals surface area contributed by atoms with E-state index in [0.717, 1.165) is 25.2 Å². The van der Waals surface area contributed by atoms with E-state index in [4.69, 9.17) is 27.9 Å². The summed E-state index contributed by atoms with van der Waals surface area (Å²) in [7, 11) is 0. The van der Waals surface area contributed by atoms with Crippen LogP contribution in [0.1, 0.15) is 18.5 Å². The Morgan fingerprint density at radius 1 is 1.68 bits per heavy atom. The van der Waals surface area contributed by atoms with Crippen LogP contribution in [0.2, 0.25) is 5.02 Å². The highest BCUT2D eigenvalue weighted by atomic mass is 35.5. The molecule has 2 atom stereocenters. The summed E-state index contributed by atoms with van der Waals surface area (Å²) in [6, 6.07) is 1.56. The van der Waals surface area contributed by atoms with Gasteiger partial charge in [-0.2, -0.15) is 0 Å². The smallest absolute Gasteiger partial charge is 0.128 e. The number of aromatic nitrogens is 1. The number of anilines is 1. The largest absolute Gasteiger partial charge is 0.383 e. The summed E-state index contributed by atoms with van der Waals surface area (Å²) in [5.74, 6) is 6.09. The van der Waals surface area contributed by atoms with Gasteiger partial charge in [-0.1, -0.05) is 18.5 Å². The average Bonchev–Trinajstić information content (AvgIpc) is 2.44. The Labute approximate surface area is 118 Å². The first-order chi connectivity index (χ1) is 9.15. The second kappa shape index (κ2) is 6.49. The van der Waals surface area contributed by atoms with Crippen molar-refractivity contribution in [3.63, 3.8) is 0 Å². The Morgan fingerprint density at radius 3 is 3.16 bits per heavy atom. The van der Waals surface area contributed by atoms with Crippen LogP contribution >= 0.6 is 11.6 Å². The molecule has 0 aromatic carbocycles. The molecule has 0 saturated carbocycles. The summed E-state index contributed by atoms with van der Waals surface area (Å²) >= 11 is 5.97. The summed E-state index contributed by atoms with van der Waals surface area (Å²) in [4.78, 5) is 6.37. The Kier molecular flexibility index (Phi) is 4.95. The molecule has 1 saturated heterocycles. The predicted octanol–water partition coefficient (Wildman–Crippen LogP) is 0.542. The molecule has 1 aromatic heterocycles. The molecule has 0 radical (unpaired) electrons. The molecule has 0 amide bonds. The fourth-order valence-corrected chi connectivity index (χ4v) is 2.50. The van der Waals surface area contributed by atoms with E-state index in [1.54, 1.807) is 6.07 Å². The molecule has 1 aliphatic rings. The number of hydrogen-bond donors (Lipinski definition) is 3. The van der Waals surface area contributed by atoms with Gasteiger partial charge in [0.2, 0.25) is 0 Å². The van der Waals surface area contributed by atoms with Crippen LogP contribution in [0.5, 0.6) is 0 Å². The maximum absolute atomic E-state index is 5.97. The van der Waals surface area contributed by atoms with Crippen LogP contribution < -0.4 is 17.0 Å². The highest BCUT2D eigenvalue weighted by Crippen LogP contribution is 2.27. The van der Waals surface area contributed by atoms with Crippen LogP contribution in [0.25, 0.3) is 0 Å². The number of hydrogen-bond acceptors (Lipinski definition) is 6. The van der Waals surface area contributed by atoms with Crippen LogP contribution in [-0.2, 0) is 4.74 Å². The molecular weight excluding hydrogens is 266 g/mol. The fraction of sp³-hybridized carbons (Fsp3) is 0.583. The normalized spacial score (nSPS) is 22.4. The zero-order chi connectivity index (χ0) is 13.8. The van der Waals surface area contributed by atoms with Gasteiger partial charge < -0.3 is 10.5 Å². The van der Waals surface area contributed by atoms with Gasteiger partial charge >= 0.3 is 0 Å². The van der Waals surface area contributed by atoms with Crippen molar-refractivity contribution < 1.29 is 4.74 Å². The number of ether oxygens (including phenoxy) is 1. The lowest BCUT2D eigenvalue weighted by Crippen LogP contribution is -2.49. The van der Waals surface area contributed by atoms with E-state index >= 15 is 0 Å². The third kappa shape index (κ3) is 3.34. The van der Waals surface area contributed by atoms with Gasteiger partial charge in [-0.25, -0.2) is 4.98 Å². The fourth-order valence-electron chi connectivity index (χ4n) is 2.33. The lowest BCUT2D eigenvalue weighted by atomic mass is 10.0. The van der Waals surface area contributed by atoms with Crippen molar-refractivity contribution >= 4 is 17.4 Å². The minimum Gasteiger partial charge on any atom is -0.383 e. The van der Waals surface area contributed by atoms with E-state index in [2.05, 4.69) is 22.2 Å². The number of hydrazine groups is 1. The second-order valence-corrected chi connectivity index (χ2v) is 5.01. The lowest BCUT2D eigenvalue weighted by molar-refractivity contribution is -0.0455. The van der Waals surface area contributed by atoms with Crippen molar-refractivity contribution in [2.24, 2.45) is 5.84 Å². The standard InChI is InChI=1S/C12H20ClN5O/c1-2-18-3-4-19-10(7-18)11(17-15)9-5-8(13)6-16-12(9)14/h5-6,10-11,17H,2-4,7,15H2,1H3,(H2,14,16).